The molecule has 0 aliphatic carbocycles. The Bertz CT molecular complexity index is 952. The van der Waals surface area contributed by atoms with Gasteiger partial charge in [-0.05, 0) is 44.9 Å². The standard InChI is InChI=1S/C25H47N5O9P2/c1-36-40(34)38-16-9-4-3-8-15-29-18-21(27-28-29)11-10-12-24(32)26-14-7-5-6-13-25(33)30-19-23(31)17-22(30)20-39-41(35)37-2/h18,22-23,31,40-41H,3-17,19-20H2,1-2H3,(H,26,32)/t22?,23-/m1/s1. The van der Waals surface area contributed by atoms with Crippen LogP contribution in [0.25, 0.3) is 0 Å². The number of amides is 2. The summed E-state index contributed by atoms with van der Waals surface area (Å²) in [5, 5.41) is 21.2. The predicted octanol–water partition coefficient (Wildman–Crippen LogP) is 2.91. The lowest BCUT2D eigenvalue weighted by molar-refractivity contribution is -0.133. The van der Waals surface area contributed by atoms with E-state index in [4.69, 9.17) is 9.05 Å². The van der Waals surface area contributed by atoms with Gasteiger partial charge in [0.2, 0.25) is 11.8 Å². The van der Waals surface area contributed by atoms with E-state index in [-0.39, 0.29) is 31.0 Å². The van der Waals surface area contributed by atoms with Gasteiger partial charge in [-0.3, -0.25) is 23.4 Å². The summed E-state index contributed by atoms with van der Waals surface area (Å²) in [4.78, 5) is 26.3. The van der Waals surface area contributed by atoms with Gasteiger partial charge in [0.05, 0.1) is 31.1 Å². The van der Waals surface area contributed by atoms with Crippen molar-refractivity contribution >= 4 is 28.3 Å². The average Bonchev–Trinajstić information content (AvgIpc) is 3.58. The molecule has 14 nitrogen and oxygen atoms in total. The van der Waals surface area contributed by atoms with Crippen LogP contribution in [-0.2, 0) is 49.8 Å². The number of rotatable bonds is 23. The van der Waals surface area contributed by atoms with Crippen molar-refractivity contribution in [2.45, 2.75) is 95.7 Å². The molecule has 3 unspecified atom stereocenters. The summed E-state index contributed by atoms with van der Waals surface area (Å²) in [5.74, 6) is -0.0603. The van der Waals surface area contributed by atoms with Gasteiger partial charge in [0, 0.05) is 52.9 Å². The van der Waals surface area contributed by atoms with Gasteiger partial charge in [-0.15, -0.1) is 5.10 Å². The third-order valence-electron chi connectivity index (χ3n) is 6.75. The molecule has 2 amide bonds. The number of likely N-dealkylation sites (tertiary alicyclic amines) is 1. The SMILES string of the molecule is CO[PH](=O)OCCCCCCn1cc(CCCC(=O)NCCCCCC(=O)N2C[C@H](O)CC2CO[PH](=O)OC)nn1. The molecule has 1 aromatic heterocycles. The van der Waals surface area contributed by atoms with Crippen molar-refractivity contribution in [1.29, 1.82) is 0 Å². The summed E-state index contributed by atoms with van der Waals surface area (Å²) in [6.07, 6.45) is 9.92. The highest BCUT2D eigenvalue weighted by Gasteiger charge is 2.34. The zero-order chi connectivity index (χ0) is 29.9. The maximum atomic E-state index is 12.6. The summed E-state index contributed by atoms with van der Waals surface area (Å²) in [6.45, 7) is 2.12. The molecule has 0 bridgehead atoms. The molecule has 1 aromatic rings. The van der Waals surface area contributed by atoms with E-state index in [1.807, 2.05) is 10.9 Å². The largest absolute Gasteiger partial charge is 0.391 e. The first-order chi connectivity index (χ1) is 19.8. The molecule has 0 radical (unpaired) electrons. The van der Waals surface area contributed by atoms with Crippen molar-refractivity contribution in [3.05, 3.63) is 11.9 Å². The molecule has 0 saturated carbocycles. The maximum absolute atomic E-state index is 12.6. The number of hydrogen-bond donors (Lipinski definition) is 2. The van der Waals surface area contributed by atoms with Gasteiger partial charge in [-0.25, -0.2) is 0 Å². The normalized spacial score (nSPS) is 18.5. The van der Waals surface area contributed by atoms with Crippen LogP contribution in [0, 0.1) is 0 Å². The van der Waals surface area contributed by atoms with Crippen LogP contribution in [0.5, 0.6) is 0 Å². The monoisotopic (exact) mass is 623 g/mol. The van der Waals surface area contributed by atoms with Crippen molar-refractivity contribution in [3.8, 4) is 0 Å². The first kappa shape index (κ1) is 35.5. The Hall–Kier alpha value is -1.66. The fourth-order valence-electron chi connectivity index (χ4n) is 4.55. The third kappa shape index (κ3) is 15.4. The highest BCUT2D eigenvalue weighted by Crippen LogP contribution is 2.27. The number of carbonyl (C=O) groups excluding carboxylic acids is 2. The van der Waals surface area contributed by atoms with E-state index in [0.717, 1.165) is 50.8 Å². The molecule has 2 rings (SSSR count). The van der Waals surface area contributed by atoms with Crippen LogP contribution < -0.4 is 5.32 Å². The van der Waals surface area contributed by atoms with Gasteiger partial charge in [0.1, 0.15) is 0 Å². The average molecular weight is 624 g/mol. The molecule has 1 aliphatic heterocycles. The first-order valence-corrected chi connectivity index (χ1v) is 16.8. The molecular weight excluding hydrogens is 576 g/mol. The molecular formula is C25H47N5O9P2. The Morgan fingerprint density at radius 2 is 1.73 bits per heavy atom. The number of hydrogen-bond acceptors (Lipinski definition) is 11. The lowest BCUT2D eigenvalue weighted by Gasteiger charge is -2.24. The fourth-order valence-corrected chi connectivity index (χ4v) is 5.43. The highest BCUT2D eigenvalue weighted by atomic mass is 31.1. The minimum atomic E-state index is -2.57. The summed E-state index contributed by atoms with van der Waals surface area (Å²) in [7, 11) is -2.22. The summed E-state index contributed by atoms with van der Waals surface area (Å²) in [6, 6.07) is -0.302. The van der Waals surface area contributed by atoms with Crippen LogP contribution in [-0.4, -0.2) is 89.5 Å². The van der Waals surface area contributed by atoms with Gasteiger partial charge in [0.15, 0.2) is 0 Å². The molecule has 0 aromatic carbocycles. The smallest absolute Gasteiger partial charge is 0.318 e. The Kier molecular flexibility index (Phi) is 18.3. The van der Waals surface area contributed by atoms with Crippen molar-refractivity contribution in [2.24, 2.45) is 0 Å². The summed E-state index contributed by atoms with van der Waals surface area (Å²) in [5.41, 5.74) is 0.868. The van der Waals surface area contributed by atoms with Crippen LogP contribution in [0.3, 0.4) is 0 Å². The second-order valence-corrected chi connectivity index (χ2v) is 12.5. The van der Waals surface area contributed by atoms with Crippen molar-refractivity contribution < 1.29 is 41.9 Å². The number of aliphatic hydroxyl groups is 1. The van der Waals surface area contributed by atoms with Gasteiger partial charge in [-0.1, -0.05) is 24.5 Å². The summed E-state index contributed by atoms with van der Waals surface area (Å²) >= 11 is 0. The molecule has 2 N–H and O–H groups in total. The molecule has 0 spiro atoms. The van der Waals surface area contributed by atoms with E-state index in [2.05, 4.69) is 24.7 Å². The fraction of sp³-hybridized carbons (Fsp3) is 0.840. The van der Waals surface area contributed by atoms with Crippen LogP contribution in [0.15, 0.2) is 6.20 Å². The number of β-amino-alcohol motifs (C(OH)–C–C–N with tert-alkyl or cyclic N) is 1. The van der Waals surface area contributed by atoms with E-state index >= 15 is 0 Å². The second-order valence-electron chi connectivity index (χ2n) is 10.1. The van der Waals surface area contributed by atoms with Crippen LogP contribution >= 0.6 is 16.5 Å². The zero-order valence-corrected chi connectivity index (χ0v) is 26.3. The molecule has 41 heavy (non-hydrogen) atoms. The molecule has 1 fully saturated rings. The number of unbranched alkanes of at least 4 members (excludes halogenated alkanes) is 5. The van der Waals surface area contributed by atoms with E-state index < -0.39 is 22.6 Å². The maximum Gasteiger partial charge on any atom is 0.318 e. The number of aryl methyl sites for hydroxylation is 2. The van der Waals surface area contributed by atoms with Gasteiger partial charge in [-0.2, -0.15) is 0 Å². The Balaban J connectivity index is 1.47. The topological polar surface area (TPSA) is 171 Å². The second kappa shape index (κ2) is 21.1. The molecule has 236 valence electrons. The Morgan fingerprint density at radius 3 is 2.51 bits per heavy atom. The van der Waals surface area contributed by atoms with Crippen molar-refractivity contribution in [2.75, 3.05) is 40.5 Å². The van der Waals surface area contributed by atoms with Crippen molar-refractivity contribution in [3.63, 3.8) is 0 Å². The van der Waals surface area contributed by atoms with Gasteiger partial charge in [0.25, 0.3) is 0 Å². The summed E-state index contributed by atoms with van der Waals surface area (Å²) < 4.78 is 43.7. The van der Waals surface area contributed by atoms with Crippen molar-refractivity contribution in [1.82, 2.24) is 25.2 Å². The molecule has 16 heteroatoms. The number of nitrogens with one attached hydrogen (secondary N) is 1. The Morgan fingerprint density at radius 1 is 1.00 bits per heavy atom. The molecule has 2 heterocycles. The molecule has 4 atom stereocenters. The first-order valence-electron chi connectivity index (χ1n) is 14.4. The Labute approximate surface area is 243 Å². The van der Waals surface area contributed by atoms with E-state index in [1.165, 1.54) is 14.2 Å². The number of aromatic nitrogens is 3. The van der Waals surface area contributed by atoms with Gasteiger partial charge >= 0.3 is 16.5 Å². The highest BCUT2D eigenvalue weighted by molar-refractivity contribution is 7.33. The molecule has 1 saturated heterocycles. The number of nitrogens with zero attached hydrogens (tertiary/aromatic N) is 4. The van der Waals surface area contributed by atoms with Crippen LogP contribution in [0.2, 0.25) is 0 Å². The predicted molar refractivity (Wildman–Crippen MR) is 153 cm³/mol. The lowest BCUT2D eigenvalue weighted by Crippen LogP contribution is -2.38. The lowest BCUT2D eigenvalue weighted by atomic mass is 10.1. The van der Waals surface area contributed by atoms with Gasteiger partial charge < -0.3 is 33.4 Å². The van der Waals surface area contributed by atoms with Crippen LogP contribution in [0.4, 0.5) is 0 Å². The zero-order valence-electron chi connectivity index (χ0n) is 24.3. The van der Waals surface area contributed by atoms with E-state index in [0.29, 0.717) is 51.7 Å². The number of aliphatic hydroxyl groups excluding tert-OH is 1. The quantitative estimate of drug-likeness (QED) is 0.136. The van der Waals surface area contributed by atoms with E-state index in [9.17, 15) is 23.8 Å². The molecule has 1 aliphatic rings. The third-order valence-corrected chi connectivity index (χ3v) is 8.26. The minimum absolute atomic E-state index is 0.00237. The van der Waals surface area contributed by atoms with Crippen LogP contribution in [0.1, 0.15) is 76.3 Å². The number of carbonyl (C=O) groups is 2. The minimum Gasteiger partial charge on any atom is -0.391 e. The van der Waals surface area contributed by atoms with E-state index in [1.54, 1.807) is 4.90 Å².